The van der Waals surface area contributed by atoms with E-state index in [2.05, 4.69) is 10.2 Å². The summed E-state index contributed by atoms with van der Waals surface area (Å²) in [6.07, 6.45) is 1.90. The minimum Gasteiger partial charge on any atom is -0.485 e. The fourth-order valence-electron chi connectivity index (χ4n) is 4.47. The zero-order chi connectivity index (χ0) is 23.5. The maximum absolute atomic E-state index is 13.3. The highest BCUT2D eigenvalue weighted by Gasteiger charge is 2.30. The van der Waals surface area contributed by atoms with Gasteiger partial charge in [-0.1, -0.05) is 18.6 Å². The van der Waals surface area contributed by atoms with Gasteiger partial charge in [-0.05, 0) is 43.2 Å². The van der Waals surface area contributed by atoms with Gasteiger partial charge < -0.3 is 24.4 Å². The average Bonchev–Trinajstić information content (AvgIpc) is 2.89. The normalized spacial score (nSPS) is 21.2. The molecule has 9 nitrogen and oxygen atoms in total. The van der Waals surface area contributed by atoms with Gasteiger partial charge in [-0.3, -0.25) is 4.79 Å². The van der Waals surface area contributed by atoms with E-state index in [1.807, 2.05) is 12.1 Å². The molecule has 0 radical (unpaired) electrons. The summed E-state index contributed by atoms with van der Waals surface area (Å²) in [6.45, 7) is 3.54. The number of morpholine rings is 1. The monoisotopic (exact) mass is 487 g/mol. The van der Waals surface area contributed by atoms with Crippen LogP contribution in [0, 0.1) is 0 Å². The van der Waals surface area contributed by atoms with Crippen LogP contribution in [0.4, 0.5) is 11.4 Å². The van der Waals surface area contributed by atoms with E-state index in [-0.39, 0.29) is 11.5 Å². The topological polar surface area (TPSA) is 97.4 Å². The van der Waals surface area contributed by atoms with E-state index < -0.39 is 22.0 Å². The number of amides is 1. The molecule has 5 rings (SSSR count). The van der Waals surface area contributed by atoms with Gasteiger partial charge in [0.15, 0.2) is 11.5 Å². The Bertz CT molecular complexity index is 1140. The van der Waals surface area contributed by atoms with Crippen molar-refractivity contribution in [3.63, 3.8) is 0 Å². The molecule has 3 aliphatic rings. The fourth-order valence-corrected chi connectivity index (χ4v) is 6.02. The number of hydrogen-bond acceptors (Lipinski definition) is 7. The van der Waals surface area contributed by atoms with E-state index in [4.69, 9.17) is 14.2 Å². The van der Waals surface area contributed by atoms with Gasteiger partial charge in [0.25, 0.3) is 5.91 Å². The SMILES string of the molecule is O=C(Nc1cc(S(=O)(=O)N2CCCCC2)ccc1N1CCOCC1)C1COc2ccccc2O1. The molecule has 1 unspecified atom stereocenters. The molecule has 34 heavy (non-hydrogen) atoms. The molecule has 182 valence electrons. The zero-order valence-electron chi connectivity index (χ0n) is 18.9. The second kappa shape index (κ2) is 9.81. The Morgan fingerprint density at radius 3 is 2.44 bits per heavy atom. The molecule has 2 fully saturated rings. The van der Waals surface area contributed by atoms with Crippen LogP contribution in [0.1, 0.15) is 19.3 Å². The number of fused-ring (bicyclic) bond motifs is 1. The van der Waals surface area contributed by atoms with Crippen molar-refractivity contribution in [2.45, 2.75) is 30.3 Å². The van der Waals surface area contributed by atoms with E-state index in [0.29, 0.717) is 56.6 Å². The van der Waals surface area contributed by atoms with Crippen molar-refractivity contribution < 1.29 is 27.4 Å². The maximum Gasteiger partial charge on any atom is 0.269 e. The molecular weight excluding hydrogens is 458 g/mol. The predicted octanol–water partition coefficient (Wildman–Crippen LogP) is 2.48. The van der Waals surface area contributed by atoms with Gasteiger partial charge in [0.1, 0.15) is 6.61 Å². The zero-order valence-corrected chi connectivity index (χ0v) is 19.8. The Morgan fingerprint density at radius 1 is 0.941 bits per heavy atom. The predicted molar refractivity (Wildman–Crippen MR) is 127 cm³/mol. The van der Waals surface area contributed by atoms with Crippen molar-refractivity contribution in [3.8, 4) is 11.5 Å². The minimum atomic E-state index is -3.65. The number of sulfonamides is 1. The number of nitrogens with zero attached hydrogens (tertiary/aromatic N) is 2. The van der Waals surface area contributed by atoms with Crippen LogP contribution in [0.5, 0.6) is 11.5 Å². The summed E-state index contributed by atoms with van der Waals surface area (Å²) in [5, 5.41) is 2.91. The molecule has 1 N–H and O–H groups in total. The van der Waals surface area contributed by atoms with Gasteiger partial charge in [-0.15, -0.1) is 0 Å². The van der Waals surface area contributed by atoms with Gasteiger partial charge in [0, 0.05) is 26.2 Å². The number of piperidine rings is 1. The van der Waals surface area contributed by atoms with Crippen LogP contribution >= 0.6 is 0 Å². The largest absolute Gasteiger partial charge is 0.485 e. The Labute approximate surface area is 199 Å². The van der Waals surface area contributed by atoms with Crippen molar-refractivity contribution in [2.24, 2.45) is 0 Å². The molecule has 2 aromatic rings. The summed E-state index contributed by atoms with van der Waals surface area (Å²) < 4.78 is 45.1. The quantitative estimate of drug-likeness (QED) is 0.692. The molecule has 0 spiro atoms. The summed E-state index contributed by atoms with van der Waals surface area (Å²) in [6, 6.07) is 12.1. The van der Waals surface area contributed by atoms with Crippen molar-refractivity contribution >= 4 is 27.3 Å². The molecule has 10 heteroatoms. The van der Waals surface area contributed by atoms with E-state index in [1.54, 1.807) is 30.3 Å². The Morgan fingerprint density at radius 2 is 1.68 bits per heavy atom. The third-order valence-corrected chi connectivity index (χ3v) is 8.23. The number of ether oxygens (including phenoxy) is 3. The molecule has 3 aliphatic heterocycles. The minimum absolute atomic E-state index is 0.0709. The molecule has 0 aliphatic carbocycles. The van der Waals surface area contributed by atoms with E-state index >= 15 is 0 Å². The molecule has 0 bridgehead atoms. The molecule has 1 atom stereocenters. The number of nitrogens with one attached hydrogen (secondary N) is 1. The van der Waals surface area contributed by atoms with Crippen LogP contribution in [0.2, 0.25) is 0 Å². The molecule has 0 aromatic heterocycles. The Kier molecular flexibility index (Phi) is 6.62. The number of carbonyl (C=O) groups excluding carboxylic acids is 1. The van der Waals surface area contributed by atoms with Crippen molar-refractivity contribution in [1.29, 1.82) is 0 Å². The summed E-state index contributed by atoms with van der Waals surface area (Å²) in [7, 11) is -3.65. The number of carbonyl (C=O) groups is 1. The molecule has 3 heterocycles. The number of benzene rings is 2. The van der Waals surface area contributed by atoms with E-state index in [0.717, 1.165) is 24.9 Å². The van der Waals surface area contributed by atoms with Crippen LogP contribution in [0.3, 0.4) is 0 Å². The van der Waals surface area contributed by atoms with Crippen LogP contribution in [0.25, 0.3) is 0 Å². The first-order valence-electron chi connectivity index (χ1n) is 11.7. The van der Waals surface area contributed by atoms with Gasteiger partial charge in [-0.2, -0.15) is 4.31 Å². The highest BCUT2D eigenvalue weighted by Crippen LogP contribution is 2.34. The second-order valence-corrected chi connectivity index (χ2v) is 10.5. The first kappa shape index (κ1) is 22.9. The van der Waals surface area contributed by atoms with Crippen molar-refractivity contribution in [1.82, 2.24) is 4.31 Å². The standard InChI is InChI=1S/C24H29N3O6S/c28-24(23-17-32-21-6-2-3-7-22(21)33-23)25-19-16-18(34(29,30)27-10-4-1-5-11-27)8-9-20(19)26-12-14-31-15-13-26/h2-3,6-9,16,23H,1,4-5,10-15,17H2,(H,25,28). The number of anilines is 2. The molecular formula is C24H29N3O6S. The maximum atomic E-state index is 13.3. The number of para-hydroxylation sites is 2. The summed E-state index contributed by atoms with van der Waals surface area (Å²) in [5.74, 6) is 0.704. The van der Waals surface area contributed by atoms with Gasteiger partial charge in [0.2, 0.25) is 16.1 Å². The molecule has 2 aromatic carbocycles. The first-order chi connectivity index (χ1) is 16.5. The van der Waals surface area contributed by atoms with Gasteiger partial charge in [-0.25, -0.2) is 8.42 Å². The third-order valence-electron chi connectivity index (χ3n) is 6.33. The smallest absolute Gasteiger partial charge is 0.269 e. The second-order valence-electron chi connectivity index (χ2n) is 8.60. The van der Waals surface area contributed by atoms with Gasteiger partial charge >= 0.3 is 0 Å². The Hall–Kier alpha value is -2.82. The van der Waals surface area contributed by atoms with Crippen molar-refractivity contribution in [3.05, 3.63) is 42.5 Å². The van der Waals surface area contributed by atoms with Crippen LogP contribution in [0.15, 0.2) is 47.4 Å². The molecule has 2 saturated heterocycles. The van der Waals surface area contributed by atoms with Crippen molar-refractivity contribution in [2.75, 3.05) is 56.2 Å². The highest BCUT2D eigenvalue weighted by atomic mass is 32.2. The molecule has 1 amide bonds. The third kappa shape index (κ3) is 4.70. The highest BCUT2D eigenvalue weighted by molar-refractivity contribution is 7.89. The van der Waals surface area contributed by atoms with E-state index in [9.17, 15) is 13.2 Å². The summed E-state index contributed by atoms with van der Waals surface area (Å²) in [5.41, 5.74) is 1.19. The molecule has 0 saturated carbocycles. The Balaban J connectivity index is 1.42. The summed E-state index contributed by atoms with van der Waals surface area (Å²) in [4.78, 5) is 15.4. The lowest BCUT2D eigenvalue weighted by Crippen LogP contribution is -2.41. The van der Waals surface area contributed by atoms with E-state index in [1.165, 1.54) is 4.31 Å². The number of rotatable bonds is 5. The fraction of sp³-hybridized carbons (Fsp3) is 0.458. The first-order valence-corrected chi connectivity index (χ1v) is 13.1. The number of hydrogen-bond donors (Lipinski definition) is 1. The van der Waals surface area contributed by atoms with Crippen LogP contribution in [-0.2, 0) is 19.6 Å². The lowest BCUT2D eigenvalue weighted by atomic mass is 10.2. The average molecular weight is 488 g/mol. The summed E-state index contributed by atoms with van der Waals surface area (Å²) >= 11 is 0. The lowest BCUT2D eigenvalue weighted by Gasteiger charge is -2.32. The van der Waals surface area contributed by atoms with Gasteiger partial charge in [0.05, 0.1) is 29.5 Å². The lowest BCUT2D eigenvalue weighted by molar-refractivity contribution is -0.125. The van der Waals surface area contributed by atoms with Crippen LogP contribution in [-0.4, -0.2) is 70.7 Å². The van der Waals surface area contributed by atoms with Crippen LogP contribution < -0.4 is 19.7 Å².